The molecule has 0 spiro atoms. The number of thiocarbonyl (C=S) groups is 1. The van der Waals surface area contributed by atoms with Gasteiger partial charge in [-0.1, -0.05) is 53.8 Å². The summed E-state index contributed by atoms with van der Waals surface area (Å²) in [5.41, 5.74) is 2.86. The Hall–Kier alpha value is -3.13. The fourth-order valence-electron chi connectivity index (χ4n) is 3.21. The average molecular weight is 496 g/mol. The number of esters is 1. The van der Waals surface area contributed by atoms with Crippen molar-refractivity contribution in [2.45, 2.75) is 6.92 Å². The van der Waals surface area contributed by atoms with Crippen molar-refractivity contribution < 1.29 is 19.1 Å². The number of methoxy groups -OCH3 is 1. The molecule has 0 aromatic heterocycles. The van der Waals surface area contributed by atoms with Gasteiger partial charge in [-0.05, 0) is 72.7 Å². The van der Waals surface area contributed by atoms with Crippen molar-refractivity contribution in [2.24, 2.45) is 0 Å². The van der Waals surface area contributed by atoms with Gasteiger partial charge in [-0.3, -0.25) is 9.69 Å². The van der Waals surface area contributed by atoms with Crippen molar-refractivity contribution in [1.29, 1.82) is 0 Å². The summed E-state index contributed by atoms with van der Waals surface area (Å²) >= 11 is 12.5. The summed E-state index contributed by atoms with van der Waals surface area (Å²) in [7, 11) is 1.48. The number of anilines is 1. The first-order chi connectivity index (χ1) is 15.9. The molecule has 1 fully saturated rings. The van der Waals surface area contributed by atoms with E-state index in [1.165, 1.54) is 23.8 Å². The zero-order valence-corrected chi connectivity index (χ0v) is 20.1. The SMILES string of the molecule is COc1cc(/C=C2\SC(=S)N(c3cccc(C)c3)C2=O)ccc1OC(=O)c1ccc(Cl)cc1. The molecular weight excluding hydrogens is 478 g/mol. The molecule has 1 saturated heterocycles. The molecule has 0 N–H and O–H groups in total. The van der Waals surface area contributed by atoms with Gasteiger partial charge < -0.3 is 9.47 Å². The maximum atomic E-state index is 13.0. The van der Waals surface area contributed by atoms with Gasteiger partial charge >= 0.3 is 5.97 Å². The van der Waals surface area contributed by atoms with Crippen LogP contribution in [-0.2, 0) is 4.79 Å². The highest BCUT2D eigenvalue weighted by Crippen LogP contribution is 2.37. The predicted octanol–water partition coefficient (Wildman–Crippen LogP) is 6.28. The summed E-state index contributed by atoms with van der Waals surface area (Å²) < 4.78 is 11.4. The summed E-state index contributed by atoms with van der Waals surface area (Å²) in [4.78, 5) is 27.5. The highest BCUT2D eigenvalue weighted by atomic mass is 35.5. The molecule has 0 atom stereocenters. The summed E-state index contributed by atoms with van der Waals surface area (Å²) in [6.45, 7) is 1.96. The number of halogens is 1. The number of carbonyl (C=O) groups is 2. The zero-order chi connectivity index (χ0) is 23.5. The summed E-state index contributed by atoms with van der Waals surface area (Å²) in [6, 6.07) is 19.1. The first-order valence-electron chi connectivity index (χ1n) is 9.86. The second-order valence-corrected chi connectivity index (χ2v) is 9.28. The van der Waals surface area contributed by atoms with Crippen LogP contribution in [0, 0.1) is 6.92 Å². The largest absolute Gasteiger partial charge is 0.493 e. The van der Waals surface area contributed by atoms with E-state index in [1.54, 1.807) is 48.5 Å². The second-order valence-electron chi connectivity index (χ2n) is 7.16. The monoisotopic (exact) mass is 495 g/mol. The van der Waals surface area contributed by atoms with E-state index in [0.29, 0.717) is 31.1 Å². The molecule has 5 nitrogen and oxygen atoms in total. The zero-order valence-electron chi connectivity index (χ0n) is 17.7. The molecule has 4 rings (SSSR count). The summed E-state index contributed by atoms with van der Waals surface area (Å²) in [5, 5.41) is 0.529. The maximum absolute atomic E-state index is 13.0. The Balaban J connectivity index is 1.56. The number of carbonyl (C=O) groups excluding carboxylic acids is 2. The molecule has 1 heterocycles. The number of hydrogen-bond acceptors (Lipinski definition) is 6. The van der Waals surface area contributed by atoms with Crippen LogP contribution in [0.1, 0.15) is 21.5 Å². The standard InChI is InChI=1S/C25H18ClNO4S2/c1-15-4-3-5-19(12-15)27-23(28)22(33-25(27)32)14-16-6-11-20(21(13-16)30-2)31-24(29)17-7-9-18(26)10-8-17/h3-14H,1-2H3/b22-14-. The highest BCUT2D eigenvalue weighted by molar-refractivity contribution is 8.27. The van der Waals surface area contributed by atoms with Gasteiger partial charge in [0.2, 0.25) is 0 Å². The van der Waals surface area contributed by atoms with Gasteiger partial charge in [-0.15, -0.1) is 0 Å². The lowest BCUT2D eigenvalue weighted by atomic mass is 10.1. The Bertz CT molecular complexity index is 1290. The van der Waals surface area contributed by atoms with Gasteiger partial charge in [-0.2, -0.15) is 0 Å². The Kier molecular flexibility index (Phi) is 6.83. The van der Waals surface area contributed by atoms with E-state index >= 15 is 0 Å². The first-order valence-corrected chi connectivity index (χ1v) is 11.5. The number of ether oxygens (including phenoxy) is 2. The number of amides is 1. The van der Waals surface area contributed by atoms with Crippen LogP contribution in [0.5, 0.6) is 11.5 Å². The summed E-state index contributed by atoms with van der Waals surface area (Å²) in [5.74, 6) is -0.0910. The van der Waals surface area contributed by atoms with Gasteiger partial charge in [0, 0.05) is 5.02 Å². The van der Waals surface area contributed by atoms with Crippen molar-refractivity contribution in [1.82, 2.24) is 0 Å². The van der Waals surface area contributed by atoms with E-state index in [4.69, 9.17) is 33.3 Å². The molecule has 33 heavy (non-hydrogen) atoms. The van der Waals surface area contributed by atoms with E-state index in [9.17, 15) is 9.59 Å². The maximum Gasteiger partial charge on any atom is 0.343 e. The van der Waals surface area contributed by atoms with Gasteiger partial charge in [0.15, 0.2) is 15.8 Å². The molecule has 0 unspecified atom stereocenters. The first kappa shape index (κ1) is 23.0. The lowest BCUT2D eigenvalue weighted by Gasteiger charge is -2.14. The van der Waals surface area contributed by atoms with Crippen LogP contribution in [0.25, 0.3) is 6.08 Å². The molecule has 3 aromatic carbocycles. The van der Waals surface area contributed by atoms with E-state index in [2.05, 4.69) is 0 Å². The number of benzene rings is 3. The third kappa shape index (κ3) is 5.11. The molecule has 0 radical (unpaired) electrons. The second kappa shape index (κ2) is 9.79. The molecule has 0 saturated carbocycles. The normalized spacial score (nSPS) is 14.6. The van der Waals surface area contributed by atoms with Gasteiger partial charge in [0.1, 0.15) is 0 Å². The molecule has 8 heteroatoms. The van der Waals surface area contributed by atoms with Crippen LogP contribution in [0.3, 0.4) is 0 Å². The summed E-state index contributed by atoms with van der Waals surface area (Å²) in [6.07, 6.45) is 1.74. The topological polar surface area (TPSA) is 55.8 Å². The van der Waals surface area contributed by atoms with Crippen molar-refractivity contribution in [3.63, 3.8) is 0 Å². The number of rotatable bonds is 5. The van der Waals surface area contributed by atoms with Crippen LogP contribution in [0.2, 0.25) is 5.02 Å². The number of hydrogen-bond donors (Lipinski definition) is 0. The van der Waals surface area contributed by atoms with Crippen LogP contribution >= 0.6 is 35.6 Å². The van der Waals surface area contributed by atoms with Crippen molar-refractivity contribution in [3.8, 4) is 11.5 Å². The average Bonchev–Trinajstić information content (AvgIpc) is 3.07. The molecule has 1 amide bonds. The minimum atomic E-state index is -0.531. The van der Waals surface area contributed by atoms with E-state index in [1.807, 2.05) is 31.2 Å². The molecule has 0 bridgehead atoms. The van der Waals surface area contributed by atoms with Gasteiger partial charge in [0.05, 0.1) is 23.3 Å². The quantitative estimate of drug-likeness (QED) is 0.180. The van der Waals surface area contributed by atoms with Gasteiger partial charge in [-0.25, -0.2) is 4.79 Å². The Morgan fingerprint density at radius 2 is 1.82 bits per heavy atom. The molecule has 166 valence electrons. The van der Waals surface area contributed by atoms with Gasteiger partial charge in [0.25, 0.3) is 5.91 Å². The Morgan fingerprint density at radius 3 is 2.52 bits per heavy atom. The fourth-order valence-corrected chi connectivity index (χ4v) is 4.64. The van der Waals surface area contributed by atoms with E-state index in [0.717, 1.165) is 11.3 Å². The fraction of sp³-hybridized carbons (Fsp3) is 0.0800. The van der Waals surface area contributed by atoms with Crippen molar-refractivity contribution >= 4 is 63.5 Å². The lowest BCUT2D eigenvalue weighted by molar-refractivity contribution is -0.113. The highest BCUT2D eigenvalue weighted by Gasteiger charge is 2.33. The smallest absolute Gasteiger partial charge is 0.343 e. The van der Waals surface area contributed by atoms with Crippen LogP contribution < -0.4 is 14.4 Å². The third-order valence-corrected chi connectivity index (χ3v) is 6.38. The lowest BCUT2D eigenvalue weighted by Crippen LogP contribution is -2.27. The molecule has 1 aliphatic heterocycles. The molecule has 0 aliphatic carbocycles. The van der Waals surface area contributed by atoms with Crippen LogP contribution in [0.4, 0.5) is 5.69 Å². The third-order valence-electron chi connectivity index (χ3n) is 4.82. The van der Waals surface area contributed by atoms with Crippen LogP contribution in [-0.4, -0.2) is 23.3 Å². The predicted molar refractivity (Wildman–Crippen MR) is 136 cm³/mol. The number of nitrogens with zero attached hydrogens (tertiary/aromatic N) is 1. The minimum absolute atomic E-state index is 0.187. The minimum Gasteiger partial charge on any atom is -0.493 e. The van der Waals surface area contributed by atoms with Crippen LogP contribution in [0.15, 0.2) is 71.6 Å². The Morgan fingerprint density at radius 1 is 1.06 bits per heavy atom. The van der Waals surface area contributed by atoms with E-state index in [-0.39, 0.29) is 11.7 Å². The molecule has 3 aromatic rings. The molecule has 1 aliphatic rings. The number of aryl methyl sites for hydroxylation is 1. The van der Waals surface area contributed by atoms with E-state index < -0.39 is 5.97 Å². The number of thioether (sulfide) groups is 1. The Labute approximate surface area is 205 Å². The van der Waals surface area contributed by atoms with Crippen molar-refractivity contribution in [2.75, 3.05) is 12.0 Å². The molecular formula is C25H18ClNO4S2. The van der Waals surface area contributed by atoms with Crippen molar-refractivity contribution in [3.05, 3.63) is 93.3 Å².